The third-order valence-corrected chi connectivity index (χ3v) is 3.21. The number of aliphatic carboxylic acids is 1. The van der Waals surface area contributed by atoms with Gasteiger partial charge in [0.2, 0.25) is 0 Å². The third-order valence-electron chi connectivity index (χ3n) is 3.21. The highest BCUT2D eigenvalue weighted by atomic mass is 17.2. The molecule has 0 aliphatic rings. The van der Waals surface area contributed by atoms with Crippen molar-refractivity contribution >= 4 is 5.97 Å². The van der Waals surface area contributed by atoms with E-state index in [0.717, 1.165) is 38.5 Å². The molecule has 1 N–H and O–H groups in total. The Morgan fingerprint density at radius 2 is 1.45 bits per heavy atom. The van der Waals surface area contributed by atoms with Crippen LogP contribution in [0.3, 0.4) is 0 Å². The molecule has 0 aromatic rings. The number of carboxylic acid groups (broad SMARTS) is 1. The summed E-state index contributed by atoms with van der Waals surface area (Å²) in [6.07, 6.45) is 6.95. The molecule has 4 nitrogen and oxygen atoms in total. The Labute approximate surface area is 123 Å². The van der Waals surface area contributed by atoms with Gasteiger partial charge in [-0.25, -0.2) is 14.6 Å². The molecule has 1 atom stereocenters. The lowest BCUT2D eigenvalue weighted by Crippen LogP contribution is -2.43. The Kier molecular flexibility index (Phi) is 9.06. The van der Waals surface area contributed by atoms with Crippen molar-refractivity contribution in [1.82, 2.24) is 0 Å². The highest BCUT2D eigenvalue weighted by Gasteiger charge is 2.41. The second-order valence-electron chi connectivity index (χ2n) is 6.49. The fourth-order valence-corrected chi connectivity index (χ4v) is 1.96. The quantitative estimate of drug-likeness (QED) is 0.339. The Morgan fingerprint density at radius 1 is 0.900 bits per heavy atom. The fraction of sp³-hybridized carbons (Fsp3) is 0.938. The summed E-state index contributed by atoms with van der Waals surface area (Å²) in [5.41, 5.74) is -1.70. The van der Waals surface area contributed by atoms with Crippen LogP contribution in [0.25, 0.3) is 0 Å². The van der Waals surface area contributed by atoms with Crippen molar-refractivity contribution in [2.45, 2.75) is 97.2 Å². The SMILES string of the molecule is CCCCCCC(CCCC)(OOC(C)(C)C)C(=O)O. The van der Waals surface area contributed by atoms with Crippen LogP contribution in [0.1, 0.15) is 86.0 Å². The summed E-state index contributed by atoms with van der Waals surface area (Å²) in [4.78, 5) is 22.5. The van der Waals surface area contributed by atoms with Crippen molar-refractivity contribution in [3.05, 3.63) is 0 Å². The van der Waals surface area contributed by atoms with Gasteiger partial charge in [0.25, 0.3) is 0 Å². The molecule has 0 radical (unpaired) electrons. The number of rotatable bonds is 11. The van der Waals surface area contributed by atoms with Gasteiger partial charge in [-0.05, 0) is 40.0 Å². The molecule has 0 spiro atoms. The first kappa shape index (κ1) is 19.4. The smallest absolute Gasteiger partial charge is 0.339 e. The van der Waals surface area contributed by atoms with Gasteiger partial charge >= 0.3 is 5.97 Å². The number of hydrogen-bond donors (Lipinski definition) is 1. The molecule has 0 fully saturated rings. The van der Waals surface area contributed by atoms with E-state index in [1.807, 2.05) is 27.7 Å². The predicted octanol–water partition coefficient (Wildman–Crippen LogP) is 4.72. The normalized spacial score (nSPS) is 15.1. The Morgan fingerprint density at radius 3 is 1.90 bits per heavy atom. The molecule has 120 valence electrons. The first-order chi connectivity index (χ1) is 9.27. The van der Waals surface area contributed by atoms with Crippen LogP contribution in [-0.4, -0.2) is 22.3 Å². The number of carbonyl (C=O) groups is 1. The Hall–Kier alpha value is -0.610. The summed E-state index contributed by atoms with van der Waals surface area (Å²) < 4.78 is 0. The van der Waals surface area contributed by atoms with E-state index in [9.17, 15) is 9.90 Å². The van der Waals surface area contributed by atoms with E-state index < -0.39 is 17.2 Å². The highest BCUT2D eigenvalue weighted by molar-refractivity contribution is 5.77. The molecule has 20 heavy (non-hydrogen) atoms. The predicted molar refractivity (Wildman–Crippen MR) is 80.6 cm³/mol. The monoisotopic (exact) mass is 288 g/mol. The largest absolute Gasteiger partial charge is 0.479 e. The zero-order valence-electron chi connectivity index (χ0n) is 13.8. The maximum atomic E-state index is 11.7. The van der Waals surface area contributed by atoms with Gasteiger partial charge in [0.1, 0.15) is 0 Å². The molecule has 0 amide bonds. The highest BCUT2D eigenvalue weighted by Crippen LogP contribution is 2.29. The van der Waals surface area contributed by atoms with E-state index in [4.69, 9.17) is 9.78 Å². The molecular weight excluding hydrogens is 256 g/mol. The van der Waals surface area contributed by atoms with Crippen LogP contribution in [0.4, 0.5) is 0 Å². The van der Waals surface area contributed by atoms with Crippen LogP contribution < -0.4 is 0 Å². The molecule has 0 heterocycles. The van der Waals surface area contributed by atoms with Gasteiger partial charge in [-0.3, -0.25) is 0 Å². The number of hydrogen-bond acceptors (Lipinski definition) is 3. The molecule has 0 saturated carbocycles. The Balaban J connectivity index is 4.71. The van der Waals surface area contributed by atoms with Gasteiger partial charge in [-0.1, -0.05) is 46.0 Å². The van der Waals surface area contributed by atoms with Gasteiger partial charge < -0.3 is 5.11 Å². The lowest BCUT2D eigenvalue weighted by Gasteiger charge is -2.31. The third kappa shape index (κ3) is 7.85. The summed E-state index contributed by atoms with van der Waals surface area (Å²) in [7, 11) is 0. The van der Waals surface area contributed by atoms with Crippen LogP contribution in [0.15, 0.2) is 0 Å². The van der Waals surface area contributed by atoms with Crippen LogP contribution >= 0.6 is 0 Å². The summed E-state index contributed by atoms with van der Waals surface area (Å²) in [5, 5.41) is 9.60. The minimum Gasteiger partial charge on any atom is -0.479 e. The van der Waals surface area contributed by atoms with Crippen molar-refractivity contribution in [2.24, 2.45) is 0 Å². The van der Waals surface area contributed by atoms with E-state index in [1.54, 1.807) is 0 Å². The summed E-state index contributed by atoms with van der Waals surface area (Å²) in [6.45, 7) is 9.76. The standard InChI is InChI=1S/C16H32O4/c1-6-8-10-11-13-16(14(17)18,12-9-7-2)20-19-15(3,4)5/h6-13H2,1-5H3,(H,17,18). The summed E-state index contributed by atoms with van der Waals surface area (Å²) in [5.74, 6) is -0.910. The summed E-state index contributed by atoms with van der Waals surface area (Å²) >= 11 is 0. The second-order valence-corrected chi connectivity index (χ2v) is 6.49. The molecule has 0 aromatic carbocycles. The topological polar surface area (TPSA) is 55.8 Å². The molecule has 0 rings (SSSR count). The van der Waals surface area contributed by atoms with Crippen LogP contribution in [0.2, 0.25) is 0 Å². The molecule has 0 aromatic heterocycles. The lowest BCUT2D eigenvalue weighted by atomic mass is 9.90. The first-order valence-corrected chi connectivity index (χ1v) is 7.87. The van der Waals surface area contributed by atoms with Gasteiger partial charge in [0.05, 0.1) is 5.60 Å². The van der Waals surface area contributed by atoms with Crippen molar-refractivity contribution in [2.75, 3.05) is 0 Å². The van der Waals surface area contributed by atoms with Crippen LogP contribution in [0.5, 0.6) is 0 Å². The molecule has 0 aliphatic heterocycles. The Bertz CT molecular complexity index is 270. The maximum absolute atomic E-state index is 11.7. The van der Waals surface area contributed by atoms with Crippen LogP contribution in [-0.2, 0) is 14.6 Å². The second kappa shape index (κ2) is 9.35. The number of carboxylic acids is 1. The van der Waals surface area contributed by atoms with Gasteiger partial charge in [0.15, 0.2) is 5.60 Å². The fourth-order valence-electron chi connectivity index (χ4n) is 1.96. The summed E-state index contributed by atoms with van der Waals surface area (Å²) in [6, 6.07) is 0. The van der Waals surface area contributed by atoms with E-state index in [1.165, 1.54) is 0 Å². The van der Waals surface area contributed by atoms with Crippen molar-refractivity contribution < 1.29 is 19.7 Å². The van der Waals surface area contributed by atoms with E-state index >= 15 is 0 Å². The molecule has 0 bridgehead atoms. The first-order valence-electron chi connectivity index (χ1n) is 7.87. The van der Waals surface area contributed by atoms with E-state index in [-0.39, 0.29) is 0 Å². The number of unbranched alkanes of at least 4 members (excludes halogenated alkanes) is 4. The molecule has 0 saturated heterocycles. The molecule has 0 aliphatic carbocycles. The van der Waals surface area contributed by atoms with Crippen molar-refractivity contribution in [1.29, 1.82) is 0 Å². The van der Waals surface area contributed by atoms with Gasteiger partial charge in [-0.2, -0.15) is 0 Å². The van der Waals surface area contributed by atoms with Crippen molar-refractivity contribution in [3.8, 4) is 0 Å². The average molecular weight is 288 g/mol. The minimum absolute atomic E-state index is 0.501. The van der Waals surface area contributed by atoms with E-state index in [0.29, 0.717) is 12.8 Å². The maximum Gasteiger partial charge on any atom is 0.339 e. The van der Waals surface area contributed by atoms with Gasteiger partial charge in [0, 0.05) is 0 Å². The van der Waals surface area contributed by atoms with Crippen LogP contribution in [0, 0.1) is 0 Å². The van der Waals surface area contributed by atoms with Gasteiger partial charge in [-0.15, -0.1) is 0 Å². The zero-order chi connectivity index (χ0) is 15.6. The van der Waals surface area contributed by atoms with E-state index in [2.05, 4.69) is 6.92 Å². The average Bonchev–Trinajstić information content (AvgIpc) is 2.35. The zero-order valence-corrected chi connectivity index (χ0v) is 13.8. The lowest BCUT2D eigenvalue weighted by molar-refractivity contribution is -0.399. The van der Waals surface area contributed by atoms with Crippen molar-refractivity contribution in [3.63, 3.8) is 0 Å². The minimum atomic E-state index is -1.20. The molecule has 4 heteroatoms. The molecular formula is C16H32O4. The molecule has 1 unspecified atom stereocenters.